The fraction of sp³-hybridized carbons (Fsp3) is 0.100. The van der Waals surface area contributed by atoms with Gasteiger partial charge in [-0.2, -0.15) is 0 Å². The molecule has 0 unspecified atom stereocenters. The molecule has 2 aromatic rings. The second kappa shape index (κ2) is 9.59. The van der Waals surface area contributed by atoms with Crippen molar-refractivity contribution in [3.05, 3.63) is 84.1 Å². The monoisotopic (exact) mass is 552 g/mol. The Morgan fingerprint density at radius 3 is 2.50 bits per heavy atom. The van der Waals surface area contributed by atoms with E-state index in [1.807, 2.05) is 0 Å². The summed E-state index contributed by atoms with van der Waals surface area (Å²) in [7, 11) is 0. The van der Waals surface area contributed by atoms with E-state index in [-0.39, 0.29) is 17.1 Å². The van der Waals surface area contributed by atoms with Gasteiger partial charge in [0.25, 0.3) is 16.8 Å². The number of thioether (sulfide) groups is 1. The standard InChI is InChI=1S/C20H14Br2N2O5S/c1-2-7-29-18-14(21)8-12(9-15(18)22)10-17-19(25)23(20(26)30-17)11-13-5-3-4-6-16(13)24(27)28/h2-6,8-10H,1,7,11H2/b17-10-. The molecule has 2 aromatic carbocycles. The number of rotatable bonds is 7. The third kappa shape index (κ3) is 4.82. The van der Waals surface area contributed by atoms with Gasteiger partial charge < -0.3 is 4.74 Å². The average Bonchev–Trinajstić information content (AvgIpc) is 2.95. The highest BCUT2D eigenvalue weighted by Gasteiger charge is 2.36. The van der Waals surface area contributed by atoms with Crippen LogP contribution >= 0.6 is 43.6 Å². The molecular weight excluding hydrogens is 540 g/mol. The lowest BCUT2D eigenvalue weighted by Crippen LogP contribution is -2.27. The summed E-state index contributed by atoms with van der Waals surface area (Å²) in [5, 5.41) is 10.7. The van der Waals surface area contributed by atoms with Gasteiger partial charge in [-0.1, -0.05) is 30.9 Å². The van der Waals surface area contributed by atoms with E-state index in [4.69, 9.17) is 4.74 Å². The molecule has 10 heteroatoms. The molecule has 0 saturated carbocycles. The third-order valence-corrected chi connectivity index (χ3v) is 6.14. The SMILES string of the molecule is C=CCOc1c(Br)cc(/C=C2\SC(=O)N(Cc3ccccc3[N+](=O)[O-])C2=O)cc1Br. The first kappa shape index (κ1) is 22.3. The molecular formula is C20H14Br2N2O5S. The van der Waals surface area contributed by atoms with Gasteiger partial charge in [0.05, 0.1) is 25.3 Å². The van der Waals surface area contributed by atoms with Gasteiger partial charge in [0.2, 0.25) is 0 Å². The maximum atomic E-state index is 12.8. The normalized spacial score (nSPS) is 15.0. The molecule has 1 aliphatic rings. The minimum atomic E-state index is -0.532. The fourth-order valence-corrected chi connectivity index (χ4v) is 5.01. The number of nitro benzene ring substituents is 1. The largest absolute Gasteiger partial charge is 0.487 e. The lowest BCUT2D eigenvalue weighted by atomic mass is 10.1. The zero-order chi connectivity index (χ0) is 21.8. The van der Waals surface area contributed by atoms with Crippen molar-refractivity contribution in [1.29, 1.82) is 0 Å². The van der Waals surface area contributed by atoms with Crippen LogP contribution in [0.2, 0.25) is 0 Å². The average molecular weight is 554 g/mol. The molecule has 1 aliphatic heterocycles. The quantitative estimate of drug-likeness (QED) is 0.183. The summed E-state index contributed by atoms with van der Waals surface area (Å²) in [6.07, 6.45) is 3.22. The molecule has 3 rings (SSSR count). The Morgan fingerprint density at radius 2 is 1.87 bits per heavy atom. The van der Waals surface area contributed by atoms with Crippen molar-refractivity contribution < 1.29 is 19.2 Å². The van der Waals surface area contributed by atoms with Crippen LogP contribution in [0.25, 0.3) is 6.08 Å². The Balaban J connectivity index is 1.85. The number of para-hydroxylation sites is 1. The molecule has 0 bridgehead atoms. The zero-order valence-corrected chi connectivity index (χ0v) is 19.3. The van der Waals surface area contributed by atoms with Gasteiger partial charge in [0.1, 0.15) is 12.4 Å². The Bertz CT molecular complexity index is 1060. The minimum absolute atomic E-state index is 0.136. The van der Waals surface area contributed by atoms with Gasteiger partial charge in [0, 0.05) is 11.6 Å². The number of carbonyl (C=O) groups excluding carboxylic acids is 2. The molecule has 1 saturated heterocycles. The molecule has 154 valence electrons. The smallest absolute Gasteiger partial charge is 0.293 e. The summed E-state index contributed by atoms with van der Waals surface area (Å²) < 4.78 is 6.91. The molecule has 0 N–H and O–H groups in total. The molecule has 0 radical (unpaired) electrons. The molecule has 2 amide bonds. The van der Waals surface area contributed by atoms with Crippen LogP contribution in [0.1, 0.15) is 11.1 Å². The first-order valence-electron chi connectivity index (χ1n) is 8.52. The summed E-state index contributed by atoms with van der Waals surface area (Å²) in [6.45, 7) is 3.78. The van der Waals surface area contributed by atoms with E-state index >= 15 is 0 Å². The van der Waals surface area contributed by atoms with E-state index < -0.39 is 16.1 Å². The number of ether oxygens (including phenoxy) is 1. The topological polar surface area (TPSA) is 89.8 Å². The molecule has 7 nitrogen and oxygen atoms in total. The van der Waals surface area contributed by atoms with E-state index in [1.165, 1.54) is 18.2 Å². The number of hydrogen-bond acceptors (Lipinski definition) is 6. The van der Waals surface area contributed by atoms with Crippen molar-refractivity contribution in [2.75, 3.05) is 6.61 Å². The number of imide groups is 1. The Hall–Kier alpha value is -2.43. The highest BCUT2D eigenvalue weighted by atomic mass is 79.9. The lowest BCUT2D eigenvalue weighted by Gasteiger charge is -2.12. The lowest BCUT2D eigenvalue weighted by molar-refractivity contribution is -0.385. The summed E-state index contributed by atoms with van der Waals surface area (Å²) in [5.74, 6) is 0.0962. The molecule has 0 aromatic heterocycles. The molecule has 30 heavy (non-hydrogen) atoms. The van der Waals surface area contributed by atoms with Crippen LogP contribution in [0.5, 0.6) is 5.75 Å². The van der Waals surface area contributed by atoms with Crippen molar-refractivity contribution in [1.82, 2.24) is 4.90 Å². The number of nitrogens with zero attached hydrogens (tertiary/aromatic N) is 2. The molecule has 1 heterocycles. The predicted octanol–water partition coefficient (Wildman–Crippen LogP) is 5.92. The Labute approximate surface area is 193 Å². The van der Waals surface area contributed by atoms with Crippen LogP contribution in [0.3, 0.4) is 0 Å². The van der Waals surface area contributed by atoms with E-state index in [2.05, 4.69) is 38.4 Å². The van der Waals surface area contributed by atoms with Crippen LogP contribution in [-0.4, -0.2) is 27.6 Å². The van der Waals surface area contributed by atoms with Gasteiger partial charge in [-0.3, -0.25) is 24.6 Å². The maximum absolute atomic E-state index is 12.8. The zero-order valence-electron chi connectivity index (χ0n) is 15.3. The Morgan fingerprint density at radius 1 is 1.20 bits per heavy atom. The molecule has 0 aliphatic carbocycles. The fourth-order valence-electron chi connectivity index (χ4n) is 2.72. The van der Waals surface area contributed by atoms with Crippen molar-refractivity contribution in [3.8, 4) is 5.75 Å². The first-order chi connectivity index (χ1) is 14.3. The van der Waals surface area contributed by atoms with Crippen molar-refractivity contribution >= 4 is 66.5 Å². The van der Waals surface area contributed by atoms with Crippen LogP contribution in [0, 0.1) is 10.1 Å². The Kier molecular flexibility index (Phi) is 7.11. The van der Waals surface area contributed by atoms with E-state index in [0.717, 1.165) is 16.7 Å². The van der Waals surface area contributed by atoms with E-state index in [0.29, 0.717) is 32.4 Å². The van der Waals surface area contributed by atoms with Crippen molar-refractivity contribution in [2.24, 2.45) is 0 Å². The van der Waals surface area contributed by atoms with Crippen LogP contribution in [-0.2, 0) is 11.3 Å². The first-order valence-corrected chi connectivity index (χ1v) is 10.9. The minimum Gasteiger partial charge on any atom is -0.487 e. The van der Waals surface area contributed by atoms with Crippen molar-refractivity contribution in [3.63, 3.8) is 0 Å². The van der Waals surface area contributed by atoms with Crippen molar-refractivity contribution in [2.45, 2.75) is 6.54 Å². The predicted molar refractivity (Wildman–Crippen MR) is 122 cm³/mol. The molecule has 0 spiro atoms. The summed E-state index contributed by atoms with van der Waals surface area (Å²) in [4.78, 5) is 37.1. The highest BCUT2D eigenvalue weighted by molar-refractivity contribution is 9.11. The van der Waals surface area contributed by atoms with Gasteiger partial charge in [-0.25, -0.2) is 0 Å². The van der Waals surface area contributed by atoms with Gasteiger partial charge in [-0.05, 0) is 67.4 Å². The summed E-state index contributed by atoms with van der Waals surface area (Å²) >= 11 is 7.65. The molecule has 0 atom stereocenters. The second-order valence-corrected chi connectivity index (χ2v) is 8.77. The van der Waals surface area contributed by atoms with Crippen LogP contribution in [0.15, 0.2) is 62.9 Å². The number of benzene rings is 2. The van der Waals surface area contributed by atoms with Crippen LogP contribution in [0.4, 0.5) is 10.5 Å². The van der Waals surface area contributed by atoms with Gasteiger partial charge in [0.15, 0.2) is 0 Å². The summed E-state index contributed by atoms with van der Waals surface area (Å²) in [5.41, 5.74) is 0.833. The number of amides is 2. The van der Waals surface area contributed by atoms with Gasteiger partial charge >= 0.3 is 0 Å². The second-order valence-electron chi connectivity index (χ2n) is 6.07. The number of hydrogen-bond donors (Lipinski definition) is 0. The molecule has 1 fully saturated rings. The van der Waals surface area contributed by atoms with E-state index in [9.17, 15) is 19.7 Å². The van der Waals surface area contributed by atoms with Crippen LogP contribution < -0.4 is 4.74 Å². The number of nitro groups is 1. The maximum Gasteiger partial charge on any atom is 0.293 e. The van der Waals surface area contributed by atoms with Gasteiger partial charge in [-0.15, -0.1) is 0 Å². The summed E-state index contributed by atoms with van der Waals surface area (Å²) in [6, 6.07) is 9.56. The number of halogens is 2. The number of carbonyl (C=O) groups is 2. The van der Waals surface area contributed by atoms with E-state index in [1.54, 1.807) is 30.4 Å². The highest BCUT2D eigenvalue weighted by Crippen LogP contribution is 2.38. The third-order valence-electron chi connectivity index (χ3n) is 4.05.